The summed E-state index contributed by atoms with van der Waals surface area (Å²) < 4.78 is 38.4. The van der Waals surface area contributed by atoms with Gasteiger partial charge in [-0.1, -0.05) is 37.1 Å². The number of carbonyl (C=O) groups is 1. The molecule has 0 radical (unpaired) electrons. The molecule has 0 N–H and O–H groups in total. The molecule has 1 aliphatic rings. The zero-order valence-electron chi connectivity index (χ0n) is 16.7. The molecule has 1 aliphatic heterocycles. The van der Waals surface area contributed by atoms with Crippen molar-refractivity contribution in [2.24, 2.45) is 0 Å². The van der Waals surface area contributed by atoms with Gasteiger partial charge in [0.25, 0.3) is 0 Å². The van der Waals surface area contributed by atoms with Gasteiger partial charge in [0.1, 0.15) is 12.4 Å². The van der Waals surface area contributed by atoms with Gasteiger partial charge in [-0.2, -0.15) is 4.31 Å². The Morgan fingerprint density at radius 1 is 1.00 bits per heavy atom. The lowest BCUT2D eigenvalue weighted by Crippen LogP contribution is -2.32. The monoisotopic (exact) mass is 417 g/mol. The normalized spacial score (nSPS) is 15.5. The zero-order chi connectivity index (χ0) is 20.7. The van der Waals surface area contributed by atoms with E-state index in [9.17, 15) is 13.2 Å². The molecule has 7 heteroatoms. The molecule has 29 heavy (non-hydrogen) atoms. The highest BCUT2D eigenvalue weighted by atomic mass is 32.2. The second-order valence-corrected chi connectivity index (χ2v) is 8.90. The van der Waals surface area contributed by atoms with Crippen LogP contribution in [0, 0.1) is 0 Å². The van der Waals surface area contributed by atoms with E-state index in [0.717, 1.165) is 31.2 Å². The van der Waals surface area contributed by atoms with E-state index >= 15 is 0 Å². The molecule has 3 rings (SSSR count). The van der Waals surface area contributed by atoms with Crippen molar-refractivity contribution < 1.29 is 22.7 Å². The van der Waals surface area contributed by atoms with Crippen LogP contribution in [0.1, 0.15) is 48.5 Å². The Hall–Kier alpha value is -2.38. The number of hydrogen-bond donors (Lipinski definition) is 0. The number of nitrogens with zero attached hydrogens (tertiary/aromatic N) is 1. The topological polar surface area (TPSA) is 72.9 Å². The molecule has 1 heterocycles. The van der Waals surface area contributed by atoms with E-state index < -0.39 is 16.0 Å². The molecular formula is C22H27NO5S. The molecule has 156 valence electrons. The summed E-state index contributed by atoms with van der Waals surface area (Å²) in [5, 5.41) is 0. The molecule has 1 fully saturated rings. The van der Waals surface area contributed by atoms with Crippen molar-refractivity contribution in [3.05, 3.63) is 59.7 Å². The fourth-order valence-electron chi connectivity index (χ4n) is 3.36. The first-order valence-electron chi connectivity index (χ1n) is 10.0. The summed E-state index contributed by atoms with van der Waals surface area (Å²) >= 11 is 0. The lowest BCUT2D eigenvalue weighted by atomic mass is 10.2. The molecule has 0 saturated carbocycles. The number of benzene rings is 2. The molecule has 1 saturated heterocycles. The number of hydrogen-bond acceptors (Lipinski definition) is 5. The predicted octanol–water partition coefficient (Wildman–Crippen LogP) is 4.01. The molecule has 0 amide bonds. The number of esters is 1. The van der Waals surface area contributed by atoms with Crippen molar-refractivity contribution >= 4 is 16.0 Å². The van der Waals surface area contributed by atoms with Crippen LogP contribution < -0.4 is 4.74 Å². The molecule has 0 atom stereocenters. The summed E-state index contributed by atoms with van der Waals surface area (Å²) in [7, 11) is -3.62. The molecule has 0 aliphatic carbocycles. The second-order valence-electron chi connectivity index (χ2n) is 6.96. The maximum Gasteiger partial charge on any atom is 0.338 e. The van der Waals surface area contributed by atoms with Gasteiger partial charge in [0, 0.05) is 18.7 Å². The molecule has 0 aromatic heterocycles. The van der Waals surface area contributed by atoms with Gasteiger partial charge >= 0.3 is 5.97 Å². The largest absolute Gasteiger partial charge is 0.493 e. The Balaban J connectivity index is 1.73. The third kappa shape index (κ3) is 5.36. The highest BCUT2D eigenvalue weighted by molar-refractivity contribution is 7.89. The van der Waals surface area contributed by atoms with E-state index in [1.165, 1.54) is 16.4 Å². The van der Waals surface area contributed by atoms with E-state index in [0.29, 0.717) is 25.4 Å². The van der Waals surface area contributed by atoms with Crippen molar-refractivity contribution in [1.82, 2.24) is 4.31 Å². The third-order valence-corrected chi connectivity index (χ3v) is 6.80. The van der Waals surface area contributed by atoms with Crippen LogP contribution in [0.5, 0.6) is 5.75 Å². The van der Waals surface area contributed by atoms with Crippen LogP contribution in [0.3, 0.4) is 0 Å². The van der Waals surface area contributed by atoms with Gasteiger partial charge < -0.3 is 9.47 Å². The average Bonchev–Trinajstić information content (AvgIpc) is 3.03. The first kappa shape index (κ1) is 21.3. The summed E-state index contributed by atoms with van der Waals surface area (Å²) in [6.07, 6.45) is 3.81. The predicted molar refractivity (Wildman–Crippen MR) is 110 cm³/mol. The minimum Gasteiger partial charge on any atom is -0.493 e. The first-order valence-corrected chi connectivity index (χ1v) is 11.4. The SMILES string of the molecule is CCOc1ccccc1COC(=O)c1cccc(S(=O)(=O)N2CCCCCC2)c1. The first-order chi connectivity index (χ1) is 14.0. The van der Waals surface area contributed by atoms with Gasteiger partial charge in [-0.3, -0.25) is 0 Å². The van der Waals surface area contributed by atoms with Crippen molar-refractivity contribution in [3.8, 4) is 5.75 Å². The van der Waals surface area contributed by atoms with Crippen molar-refractivity contribution in [2.45, 2.75) is 44.1 Å². The Labute approximate surface area is 172 Å². The van der Waals surface area contributed by atoms with Gasteiger partial charge in [0.2, 0.25) is 10.0 Å². The Kier molecular flexibility index (Phi) is 7.28. The average molecular weight is 418 g/mol. The van der Waals surface area contributed by atoms with Crippen LogP contribution in [0.15, 0.2) is 53.4 Å². The molecule has 2 aromatic rings. The smallest absolute Gasteiger partial charge is 0.338 e. The van der Waals surface area contributed by atoms with E-state index in [-0.39, 0.29) is 17.1 Å². The highest BCUT2D eigenvalue weighted by Gasteiger charge is 2.26. The Morgan fingerprint density at radius 2 is 1.72 bits per heavy atom. The minimum absolute atomic E-state index is 0.0537. The van der Waals surface area contributed by atoms with Crippen LogP contribution in [0.4, 0.5) is 0 Å². The van der Waals surface area contributed by atoms with Crippen molar-refractivity contribution in [3.63, 3.8) is 0 Å². The number of para-hydroxylation sites is 1. The maximum atomic E-state index is 13.0. The van der Waals surface area contributed by atoms with Gasteiger partial charge in [0.15, 0.2) is 0 Å². The summed E-state index contributed by atoms with van der Waals surface area (Å²) in [5.41, 5.74) is 0.978. The highest BCUT2D eigenvalue weighted by Crippen LogP contribution is 2.23. The van der Waals surface area contributed by atoms with Gasteiger partial charge in [-0.25, -0.2) is 13.2 Å². The van der Waals surface area contributed by atoms with Gasteiger partial charge in [-0.15, -0.1) is 0 Å². The van der Waals surface area contributed by atoms with Crippen molar-refractivity contribution in [2.75, 3.05) is 19.7 Å². The van der Waals surface area contributed by atoms with E-state index in [1.54, 1.807) is 12.1 Å². The quantitative estimate of drug-likeness (QED) is 0.637. The molecular weight excluding hydrogens is 390 g/mol. The molecule has 6 nitrogen and oxygen atoms in total. The zero-order valence-corrected chi connectivity index (χ0v) is 17.5. The summed E-state index contributed by atoms with van der Waals surface area (Å²) in [5.74, 6) is 0.101. The van der Waals surface area contributed by atoms with Crippen LogP contribution >= 0.6 is 0 Å². The van der Waals surface area contributed by atoms with Crippen LogP contribution in [-0.4, -0.2) is 38.4 Å². The Bertz CT molecular complexity index is 934. The van der Waals surface area contributed by atoms with E-state index in [2.05, 4.69) is 0 Å². The number of rotatable bonds is 7. The third-order valence-electron chi connectivity index (χ3n) is 4.90. The minimum atomic E-state index is -3.62. The summed E-state index contributed by atoms with van der Waals surface area (Å²) in [6.45, 7) is 3.49. The molecule has 0 bridgehead atoms. The fourth-order valence-corrected chi connectivity index (χ4v) is 4.92. The lowest BCUT2D eigenvalue weighted by Gasteiger charge is -2.20. The molecule has 0 unspecified atom stereocenters. The van der Waals surface area contributed by atoms with Gasteiger partial charge in [0.05, 0.1) is 17.1 Å². The van der Waals surface area contributed by atoms with Crippen LogP contribution in [-0.2, 0) is 21.4 Å². The number of ether oxygens (including phenoxy) is 2. The standard InChI is InChI=1S/C22H27NO5S/c1-2-27-21-13-6-5-10-19(21)17-28-22(24)18-11-9-12-20(16-18)29(25,26)23-14-7-3-4-8-15-23/h5-6,9-13,16H,2-4,7-8,14-15,17H2,1H3. The summed E-state index contributed by atoms with van der Waals surface area (Å²) in [6, 6.07) is 13.4. The molecule has 0 spiro atoms. The van der Waals surface area contributed by atoms with Crippen molar-refractivity contribution in [1.29, 1.82) is 0 Å². The number of sulfonamides is 1. The van der Waals surface area contributed by atoms with Crippen LogP contribution in [0.2, 0.25) is 0 Å². The fraction of sp³-hybridized carbons (Fsp3) is 0.409. The molecule has 2 aromatic carbocycles. The van der Waals surface area contributed by atoms with E-state index in [1.807, 2.05) is 31.2 Å². The Morgan fingerprint density at radius 3 is 2.45 bits per heavy atom. The summed E-state index contributed by atoms with van der Waals surface area (Å²) in [4.78, 5) is 12.7. The lowest BCUT2D eigenvalue weighted by molar-refractivity contribution is 0.0469. The van der Waals surface area contributed by atoms with E-state index in [4.69, 9.17) is 9.47 Å². The second kappa shape index (κ2) is 9.89. The number of carbonyl (C=O) groups excluding carboxylic acids is 1. The van der Waals surface area contributed by atoms with Crippen LogP contribution in [0.25, 0.3) is 0 Å². The van der Waals surface area contributed by atoms with Gasteiger partial charge in [-0.05, 0) is 44.0 Å². The maximum absolute atomic E-state index is 13.0.